The van der Waals surface area contributed by atoms with Gasteiger partial charge < -0.3 is 10.1 Å². The Bertz CT molecular complexity index is 1430. The fraction of sp³-hybridized carbons (Fsp3) is 0.182. The van der Waals surface area contributed by atoms with Gasteiger partial charge in [0, 0.05) is 17.6 Å². The Morgan fingerprint density at radius 1 is 1.10 bits per heavy atom. The number of carbonyl (C=O) groups excluding carboxylic acids is 2. The van der Waals surface area contributed by atoms with Crippen LogP contribution in [0.5, 0.6) is 5.75 Å². The standard InChI is InChI=1S/C22H18N4O4S/c1-22(15-5-3-14-10-17(30-2)6-4-13(14)9-15)19(28)26(20(29)24-22)12-16-11-18(27)25-7-8-31-21(25)23-16/h3-11H,12H2,1-2H3,(H,24,29)/t22-/m1/s1. The van der Waals surface area contributed by atoms with Gasteiger partial charge in [0.05, 0.1) is 19.3 Å². The summed E-state index contributed by atoms with van der Waals surface area (Å²) in [5.74, 6) is 0.354. The van der Waals surface area contributed by atoms with Crippen LogP contribution in [0.3, 0.4) is 0 Å². The highest BCUT2D eigenvalue weighted by Gasteiger charge is 2.49. The Balaban J connectivity index is 1.48. The van der Waals surface area contributed by atoms with E-state index in [9.17, 15) is 14.4 Å². The number of rotatable bonds is 4. The second kappa shape index (κ2) is 6.92. The van der Waals surface area contributed by atoms with Crippen LogP contribution < -0.4 is 15.6 Å². The first-order valence-corrected chi connectivity index (χ1v) is 10.5. The summed E-state index contributed by atoms with van der Waals surface area (Å²) in [5.41, 5.74) is -0.424. The molecular formula is C22H18N4O4S. The van der Waals surface area contributed by atoms with Gasteiger partial charge in [-0.05, 0) is 41.5 Å². The number of thiazole rings is 1. The highest BCUT2D eigenvalue weighted by atomic mass is 32.1. The quantitative estimate of drug-likeness (QED) is 0.499. The smallest absolute Gasteiger partial charge is 0.325 e. The number of amides is 3. The van der Waals surface area contributed by atoms with Crippen LogP contribution in [0.15, 0.2) is 58.8 Å². The van der Waals surface area contributed by atoms with Crippen LogP contribution in [-0.2, 0) is 16.9 Å². The molecule has 3 amide bonds. The fourth-order valence-corrected chi connectivity index (χ4v) is 4.57. The lowest BCUT2D eigenvalue weighted by Crippen LogP contribution is -2.40. The summed E-state index contributed by atoms with van der Waals surface area (Å²) in [6.45, 7) is 1.61. The molecule has 0 spiro atoms. The van der Waals surface area contributed by atoms with Crippen molar-refractivity contribution in [3.05, 3.63) is 75.7 Å². The van der Waals surface area contributed by atoms with E-state index in [0.29, 0.717) is 16.2 Å². The minimum absolute atomic E-state index is 0.0747. The van der Waals surface area contributed by atoms with Gasteiger partial charge >= 0.3 is 6.03 Å². The molecule has 156 valence electrons. The zero-order valence-electron chi connectivity index (χ0n) is 16.8. The van der Waals surface area contributed by atoms with Gasteiger partial charge in [-0.1, -0.05) is 18.2 Å². The number of ether oxygens (including phenoxy) is 1. The van der Waals surface area contributed by atoms with E-state index in [-0.39, 0.29) is 12.1 Å². The van der Waals surface area contributed by atoms with Crippen molar-refractivity contribution in [3.8, 4) is 5.75 Å². The van der Waals surface area contributed by atoms with Crippen molar-refractivity contribution in [1.29, 1.82) is 0 Å². The van der Waals surface area contributed by atoms with Crippen molar-refractivity contribution >= 4 is 39.0 Å². The Morgan fingerprint density at radius 3 is 2.68 bits per heavy atom. The van der Waals surface area contributed by atoms with Gasteiger partial charge in [0.2, 0.25) is 0 Å². The van der Waals surface area contributed by atoms with Gasteiger partial charge in [-0.15, -0.1) is 11.3 Å². The lowest BCUT2D eigenvalue weighted by molar-refractivity contribution is -0.131. The van der Waals surface area contributed by atoms with Gasteiger partial charge in [0.15, 0.2) is 4.96 Å². The first-order valence-electron chi connectivity index (χ1n) is 9.57. The summed E-state index contributed by atoms with van der Waals surface area (Å²) in [7, 11) is 1.61. The average molecular weight is 434 g/mol. The van der Waals surface area contributed by atoms with Crippen molar-refractivity contribution in [2.45, 2.75) is 19.0 Å². The van der Waals surface area contributed by atoms with E-state index >= 15 is 0 Å². The molecule has 4 aromatic rings. The normalized spacial score (nSPS) is 18.7. The Hall–Kier alpha value is -3.72. The molecule has 1 atom stereocenters. The summed E-state index contributed by atoms with van der Waals surface area (Å²) in [4.78, 5) is 44.2. The molecule has 3 heterocycles. The van der Waals surface area contributed by atoms with Crippen LogP contribution >= 0.6 is 11.3 Å². The van der Waals surface area contributed by atoms with E-state index in [0.717, 1.165) is 21.4 Å². The SMILES string of the molecule is COc1ccc2cc([C@@]3(C)NC(=O)N(Cc4cc(=O)n5ccsc5n4)C3=O)ccc2c1. The number of imide groups is 1. The third kappa shape index (κ3) is 3.05. The fourth-order valence-electron chi connectivity index (χ4n) is 3.83. The van der Waals surface area contributed by atoms with E-state index in [4.69, 9.17) is 4.74 Å². The van der Waals surface area contributed by atoms with Crippen LogP contribution in [0.25, 0.3) is 15.7 Å². The van der Waals surface area contributed by atoms with Crippen molar-refractivity contribution in [3.63, 3.8) is 0 Å². The first-order chi connectivity index (χ1) is 14.9. The van der Waals surface area contributed by atoms with E-state index in [1.807, 2.05) is 36.4 Å². The van der Waals surface area contributed by atoms with E-state index in [1.165, 1.54) is 21.8 Å². The molecule has 31 heavy (non-hydrogen) atoms. The number of hydrogen-bond acceptors (Lipinski definition) is 6. The van der Waals surface area contributed by atoms with E-state index < -0.39 is 17.5 Å². The van der Waals surface area contributed by atoms with Crippen LogP contribution in [0, 0.1) is 0 Å². The first kappa shape index (κ1) is 19.3. The summed E-state index contributed by atoms with van der Waals surface area (Å²) < 4.78 is 6.68. The third-order valence-corrected chi connectivity index (χ3v) is 6.33. The highest BCUT2D eigenvalue weighted by Crippen LogP contribution is 2.32. The molecule has 0 bridgehead atoms. The molecule has 5 rings (SSSR count). The number of nitrogens with one attached hydrogen (secondary N) is 1. The lowest BCUT2D eigenvalue weighted by Gasteiger charge is -2.22. The molecule has 2 aromatic heterocycles. The minimum Gasteiger partial charge on any atom is -0.497 e. The number of methoxy groups -OCH3 is 1. The second-order valence-electron chi connectivity index (χ2n) is 7.52. The minimum atomic E-state index is -1.22. The van der Waals surface area contributed by atoms with Crippen molar-refractivity contribution in [1.82, 2.24) is 19.6 Å². The van der Waals surface area contributed by atoms with E-state index in [1.54, 1.807) is 25.6 Å². The zero-order valence-corrected chi connectivity index (χ0v) is 17.6. The number of urea groups is 1. The van der Waals surface area contributed by atoms with Crippen LogP contribution in [0.2, 0.25) is 0 Å². The Kier molecular flexibility index (Phi) is 4.30. The number of carbonyl (C=O) groups is 2. The Morgan fingerprint density at radius 2 is 1.87 bits per heavy atom. The van der Waals surface area contributed by atoms with Gasteiger partial charge in [0.25, 0.3) is 11.5 Å². The monoisotopic (exact) mass is 434 g/mol. The van der Waals surface area contributed by atoms with Gasteiger partial charge in [-0.25, -0.2) is 9.78 Å². The summed E-state index contributed by atoms with van der Waals surface area (Å²) >= 11 is 1.31. The molecule has 1 N–H and O–H groups in total. The largest absolute Gasteiger partial charge is 0.497 e. The van der Waals surface area contributed by atoms with Gasteiger partial charge in [0.1, 0.15) is 11.3 Å². The maximum atomic E-state index is 13.3. The molecule has 1 saturated heterocycles. The third-order valence-electron chi connectivity index (χ3n) is 5.58. The van der Waals surface area contributed by atoms with Crippen LogP contribution in [0.1, 0.15) is 18.2 Å². The summed E-state index contributed by atoms with van der Waals surface area (Å²) in [5, 5.41) is 6.46. The molecule has 1 fully saturated rings. The van der Waals surface area contributed by atoms with Crippen molar-refractivity contribution in [2.75, 3.05) is 7.11 Å². The summed E-state index contributed by atoms with van der Waals surface area (Å²) in [6, 6.07) is 12.1. The topological polar surface area (TPSA) is 93.0 Å². The Labute approximate surface area is 180 Å². The molecule has 1 aliphatic rings. The predicted molar refractivity (Wildman–Crippen MR) is 116 cm³/mol. The van der Waals surface area contributed by atoms with Gasteiger partial charge in [-0.2, -0.15) is 0 Å². The molecular weight excluding hydrogens is 416 g/mol. The highest BCUT2D eigenvalue weighted by molar-refractivity contribution is 7.15. The second-order valence-corrected chi connectivity index (χ2v) is 8.39. The summed E-state index contributed by atoms with van der Waals surface area (Å²) in [6.07, 6.45) is 1.64. The molecule has 0 saturated carbocycles. The average Bonchev–Trinajstić information content (AvgIpc) is 3.32. The van der Waals surface area contributed by atoms with Gasteiger partial charge in [-0.3, -0.25) is 18.9 Å². The van der Waals surface area contributed by atoms with Crippen molar-refractivity contribution in [2.24, 2.45) is 0 Å². The maximum absolute atomic E-state index is 13.3. The lowest BCUT2D eigenvalue weighted by atomic mass is 9.90. The molecule has 2 aromatic carbocycles. The number of nitrogens with zero attached hydrogens (tertiary/aromatic N) is 3. The number of aromatic nitrogens is 2. The predicted octanol–water partition coefficient (Wildman–Crippen LogP) is 2.89. The maximum Gasteiger partial charge on any atom is 0.325 e. The number of hydrogen-bond donors (Lipinski definition) is 1. The molecule has 0 radical (unpaired) electrons. The molecule has 1 aliphatic heterocycles. The van der Waals surface area contributed by atoms with E-state index in [2.05, 4.69) is 10.3 Å². The zero-order chi connectivity index (χ0) is 21.8. The molecule has 8 nitrogen and oxygen atoms in total. The van der Waals surface area contributed by atoms with Crippen LogP contribution in [-0.4, -0.2) is 33.3 Å². The molecule has 0 unspecified atom stereocenters. The van der Waals surface area contributed by atoms with Crippen LogP contribution in [0.4, 0.5) is 4.79 Å². The molecule has 9 heteroatoms. The number of fused-ring (bicyclic) bond motifs is 2. The molecule has 0 aliphatic carbocycles. The number of benzene rings is 2. The van der Waals surface area contributed by atoms with Crippen molar-refractivity contribution < 1.29 is 14.3 Å².